The standard InChI is InChI=1S/C60H35N5/c61-36-43-34-59(44(37-62)33-58(43)64-54-27-24-41(38-13-3-1-4-14-38)31-49(54)50-32-42(25-28-55(50)64)39-15-5-2-6-16-39)65-56-30-26-45(35-51(56)60-46-18-8-7-17-40(46)23-29-57(60)65)63-52-21-11-9-19-47(52)48-20-10-12-22-53(48)63/h1-35H. The summed E-state index contributed by atoms with van der Waals surface area (Å²) in [5.74, 6) is 0. The van der Waals surface area contributed by atoms with Gasteiger partial charge in [0.25, 0.3) is 0 Å². The normalized spacial score (nSPS) is 11.7. The zero-order valence-corrected chi connectivity index (χ0v) is 34.9. The van der Waals surface area contributed by atoms with E-state index in [0.717, 1.165) is 93.4 Å². The molecule has 0 spiro atoms. The molecule has 5 nitrogen and oxygen atoms in total. The maximum atomic E-state index is 11.2. The Balaban J connectivity index is 1.07. The van der Waals surface area contributed by atoms with Crippen LogP contribution in [0, 0.1) is 22.7 Å². The molecular weight excluding hydrogens is 791 g/mol. The quantitative estimate of drug-likeness (QED) is 0.173. The summed E-state index contributed by atoms with van der Waals surface area (Å²) in [6.07, 6.45) is 0. The van der Waals surface area contributed by atoms with Crippen LogP contribution in [0.4, 0.5) is 0 Å². The van der Waals surface area contributed by atoms with Crippen molar-refractivity contribution in [1.82, 2.24) is 13.7 Å². The van der Waals surface area contributed by atoms with Crippen molar-refractivity contribution < 1.29 is 0 Å². The van der Waals surface area contributed by atoms with Gasteiger partial charge >= 0.3 is 0 Å². The van der Waals surface area contributed by atoms with Crippen LogP contribution in [0.2, 0.25) is 0 Å². The molecule has 3 aromatic heterocycles. The molecule has 0 atom stereocenters. The zero-order valence-electron chi connectivity index (χ0n) is 34.9. The molecule has 13 rings (SSSR count). The van der Waals surface area contributed by atoms with E-state index in [0.29, 0.717) is 22.5 Å². The second-order valence-electron chi connectivity index (χ2n) is 16.7. The van der Waals surface area contributed by atoms with Crippen molar-refractivity contribution in [1.29, 1.82) is 10.5 Å². The SMILES string of the molecule is N#Cc1cc(-n2c3ccc(-n4c5ccccc5c5ccccc54)cc3c3c4ccccc4ccc32)c(C#N)cc1-n1c2ccc(-c3ccccc3)cc2c2cc(-c3ccccc3)ccc21. The average Bonchev–Trinajstić information content (AvgIpc) is 4.01. The number of hydrogen-bond acceptors (Lipinski definition) is 2. The van der Waals surface area contributed by atoms with Gasteiger partial charge in [-0.2, -0.15) is 10.5 Å². The van der Waals surface area contributed by atoms with E-state index in [9.17, 15) is 10.5 Å². The van der Waals surface area contributed by atoms with Gasteiger partial charge in [-0.1, -0.05) is 140 Å². The predicted octanol–water partition coefficient (Wildman–Crippen LogP) is 15.2. The van der Waals surface area contributed by atoms with Crippen molar-refractivity contribution in [3.63, 3.8) is 0 Å². The Morgan fingerprint density at radius 1 is 0.292 bits per heavy atom. The van der Waals surface area contributed by atoms with Crippen LogP contribution in [0.25, 0.3) is 116 Å². The lowest BCUT2D eigenvalue weighted by molar-refractivity contribution is 1.12. The Hall–Kier alpha value is -9.16. The highest BCUT2D eigenvalue weighted by Crippen LogP contribution is 2.43. The summed E-state index contributed by atoms with van der Waals surface area (Å²) in [7, 11) is 0. The van der Waals surface area contributed by atoms with Gasteiger partial charge in [0.2, 0.25) is 0 Å². The fraction of sp³-hybridized carbons (Fsp3) is 0. The fourth-order valence-electron chi connectivity index (χ4n) is 10.4. The predicted molar refractivity (Wildman–Crippen MR) is 267 cm³/mol. The summed E-state index contributed by atoms with van der Waals surface area (Å²) in [5.41, 5.74) is 13.9. The summed E-state index contributed by atoms with van der Waals surface area (Å²) in [4.78, 5) is 0. The summed E-state index contributed by atoms with van der Waals surface area (Å²) < 4.78 is 6.69. The lowest BCUT2D eigenvalue weighted by Crippen LogP contribution is -2.04. The van der Waals surface area contributed by atoms with E-state index in [1.54, 1.807) is 0 Å². The highest BCUT2D eigenvalue weighted by atomic mass is 15.0. The minimum atomic E-state index is 0.467. The maximum Gasteiger partial charge on any atom is 0.101 e. The number of nitriles is 2. The van der Waals surface area contributed by atoms with E-state index in [-0.39, 0.29) is 0 Å². The van der Waals surface area contributed by atoms with Crippen LogP contribution in [0.5, 0.6) is 0 Å². The van der Waals surface area contributed by atoms with Gasteiger partial charge in [-0.15, -0.1) is 0 Å². The second-order valence-corrected chi connectivity index (χ2v) is 16.7. The molecule has 0 N–H and O–H groups in total. The van der Waals surface area contributed by atoms with Crippen LogP contribution in [0.15, 0.2) is 212 Å². The molecule has 0 saturated carbocycles. The number of hydrogen-bond donors (Lipinski definition) is 0. The Morgan fingerprint density at radius 2 is 0.738 bits per heavy atom. The number of aromatic nitrogens is 3. The van der Waals surface area contributed by atoms with Crippen LogP contribution in [0.1, 0.15) is 11.1 Å². The third-order valence-corrected chi connectivity index (χ3v) is 13.3. The molecule has 0 radical (unpaired) electrons. The van der Waals surface area contributed by atoms with Crippen molar-refractivity contribution in [3.05, 3.63) is 223 Å². The van der Waals surface area contributed by atoms with Gasteiger partial charge in [0, 0.05) is 38.0 Å². The second kappa shape index (κ2) is 14.2. The summed E-state index contributed by atoms with van der Waals surface area (Å²) in [6.45, 7) is 0. The number of nitrogens with zero attached hydrogens (tertiary/aromatic N) is 5. The molecule has 10 aromatic carbocycles. The van der Waals surface area contributed by atoms with Crippen molar-refractivity contribution in [2.45, 2.75) is 0 Å². The van der Waals surface area contributed by atoms with Crippen molar-refractivity contribution in [2.24, 2.45) is 0 Å². The van der Waals surface area contributed by atoms with Gasteiger partial charge in [-0.05, 0) is 106 Å². The van der Waals surface area contributed by atoms with Crippen LogP contribution in [-0.2, 0) is 0 Å². The first-order valence-electron chi connectivity index (χ1n) is 21.8. The van der Waals surface area contributed by atoms with Crippen LogP contribution < -0.4 is 0 Å². The molecule has 0 unspecified atom stereocenters. The van der Waals surface area contributed by atoms with Gasteiger partial charge in [-0.3, -0.25) is 0 Å². The summed E-state index contributed by atoms with van der Waals surface area (Å²) in [5, 5.41) is 31.3. The van der Waals surface area contributed by atoms with Crippen molar-refractivity contribution >= 4 is 76.2 Å². The minimum absolute atomic E-state index is 0.467. The molecule has 0 saturated heterocycles. The van der Waals surface area contributed by atoms with Crippen molar-refractivity contribution in [3.8, 4) is 51.5 Å². The molecular formula is C60H35N5. The van der Waals surface area contributed by atoms with Gasteiger partial charge in [-0.25, -0.2) is 0 Å². The zero-order chi connectivity index (χ0) is 43.2. The molecule has 0 aliphatic carbocycles. The monoisotopic (exact) mass is 825 g/mol. The molecule has 5 heteroatoms. The number of fused-ring (bicyclic) bond motifs is 11. The van der Waals surface area contributed by atoms with Crippen LogP contribution in [-0.4, -0.2) is 13.7 Å². The van der Waals surface area contributed by atoms with Gasteiger partial charge in [0.05, 0.1) is 55.6 Å². The fourth-order valence-corrected chi connectivity index (χ4v) is 10.4. The van der Waals surface area contributed by atoms with E-state index in [1.807, 2.05) is 24.3 Å². The third kappa shape index (κ3) is 5.44. The Kier molecular flexibility index (Phi) is 7.97. The molecule has 13 aromatic rings. The summed E-state index contributed by atoms with van der Waals surface area (Å²) in [6, 6.07) is 79.5. The Morgan fingerprint density at radius 3 is 1.31 bits per heavy atom. The molecule has 0 amide bonds. The van der Waals surface area contributed by atoms with Gasteiger partial charge in [0.1, 0.15) is 12.1 Å². The van der Waals surface area contributed by atoms with Gasteiger partial charge in [0.15, 0.2) is 0 Å². The highest BCUT2D eigenvalue weighted by Gasteiger charge is 2.23. The van der Waals surface area contributed by atoms with Gasteiger partial charge < -0.3 is 13.7 Å². The molecule has 0 aliphatic rings. The largest absolute Gasteiger partial charge is 0.309 e. The number of benzene rings is 10. The molecule has 3 heterocycles. The first-order valence-corrected chi connectivity index (χ1v) is 21.8. The van der Waals surface area contributed by atoms with E-state index in [4.69, 9.17) is 0 Å². The first-order chi connectivity index (χ1) is 32.2. The van der Waals surface area contributed by atoms with E-state index >= 15 is 0 Å². The van der Waals surface area contributed by atoms with E-state index in [1.165, 1.54) is 10.8 Å². The topological polar surface area (TPSA) is 62.4 Å². The highest BCUT2D eigenvalue weighted by molar-refractivity contribution is 6.22. The van der Waals surface area contributed by atoms with Crippen LogP contribution >= 0.6 is 0 Å². The van der Waals surface area contributed by atoms with E-state index < -0.39 is 0 Å². The summed E-state index contributed by atoms with van der Waals surface area (Å²) >= 11 is 0. The number of rotatable bonds is 5. The smallest absolute Gasteiger partial charge is 0.101 e. The lowest BCUT2D eigenvalue weighted by atomic mass is 10.0. The Bertz CT molecular complexity index is 4040. The molecule has 65 heavy (non-hydrogen) atoms. The number of para-hydroxylation sites is 2. The first kappa shape index (κ1) is 36.5. The van der Waals surface area contributed by atoms with Crippen LogP contribution in [0.3, 0.4) is 0 Å². The van der Waals surface area contributed by atoms with E-state index in [2.05, 4.69) is 214 Å². The van der Waals surface area contributed by atoms with Crippen molar-refractivity contribution in [2.75, 3.05) is 0 Å². The molecule has 0 fully saturated rings. The Labute approximate surface area is 373 Å². The minimum Gasteiger partial charge on any atom is -0.309 e. The third-order valence-electron chi connectivity index (χ3n) is 13.3. The molecule has 0 bridgehead atoms. The maximum absolute atomic E-state index is 11.2. The average molecular weight is 826 g/mol. The molecule has 0 aliphatic heterocycles. The lowest BCUT2D eigenvalue weighted by Gasteiger charge is -2.16. The molecule has 300 valence electrons.